The first-order chi connectivity index (χ1) is 10.5. The standard InChI is InChI=1S/C15H15F3N2OS/c1-21-14-7-4-12(10-20-14)9-19-8-11-2-5-13(6-3-11)22-15(16,17)18/h2-7,10,19H,8-9H2,1H3. The maximum atomic E-state index is 12.2. The van der Waals surface area contributed by atoms with Gasteiger partial charge >= 0.3 is 5.51 Å². The van der Waals surface area contributed by atoms with Crippen molar-refractivity contribution in [3.05, 3.63) is 53.7 Å². The van der Waals surface area contributed by atoms with Gasteiger partial charge in [0.05, 0.1) is 7.11 Å². The van der Waals surface area contributed by atoms with E-state index in [4.69, 9.17) is 4.74 Å². The monoisotopic (exact) mass is 328 g/mol. The average molecular weight is 328 g/mol. The van der Waals surface area contributed by atoms with Crippen LogP contribution in [0.4, 0.5) is 13.2 Å². The van der Waals surface area contributed by atoms with Crippen LogP contribution in [0.5, 0.6) is 5.88 Å². The molecule has 7 heteroatoms. The molecule has 3 nitrogen and oxygen atoms in total. The van der Waals surface area contributed by atoms with Crippen molar-refractivity contribution in [2.45, 2.75) is 23.5 Å². The first kappa shape index (κ1) is 16.6. The van der Waals surface area contributed by atoms with E-state index in [1.807, 2.05) is 6.07 Å². The normalized spacial score (nSPS) is 11.5. The van der Waals surface area contributed by atoms with Gasteiger partial charge in [-0.1, -0.05) is 18.2 Å². The Bertz CT molecular complexity index is 585. The van der Waals surface area contributed by atoms with Crippen LogP contribution in [0, 0.1) is 0 Å². The molecule has 0 bridgehead atoms. The number of pyridine rings is 1. The number of thioether (sulfide) groups is 1. The van der Waals surface area contributed by atoms with Gasteiger partial charge in [-0.25, -0.2) is 4.98 Å². The number of hydrogen-bond acceptors (Lipinski definition) is 4. The fourth-order valence-electron chi connectivity index (χ4n) is 1.80. The number of alkyl halides is 3. The lowest BCUT2D eigenvalue weighted by atomic mass is 10.2. The highest BCUT2D eigenvalue weighted by Gasteiger charge is 2.28. The van der Waals surface area contributed by atoms with E-state index in [9.17, 15) is 13.2 Å². The summed E-state index contributed by atoms with van der Waals surface area (Å²) >= 11 is -0.107. The fourth-order valence-corrected chi connectivity index (χ4v) is 2.34. The molecule has 0 aliphatic heterocycles. The van der Waals surface area contributed by atoms with Gasteiger partial charge in [0.25, 0.3) is 0 Å². The zero-order valence-corrected chi connectivity index (χ0v) is 12.7. The molecule has 0 fully saturated rings. The Labute approximate surface area is 130 Å². The Morgan fingerprint density at radius 2 is 1.68 bits per heavy atom. The summed E-state index contributed by atoms with van der Waals surface area (Å²) in [7, 11) is 1.56. The van der Waals surface area contributed by atoms with Crippen molar-refractivity contribution in [1.82, 2.24) is 10.3 Å². The third-order valence-corrected chi connectivity index (χ3v) is 3.56. The number of aromatic nitrogens is 1. The highest BCUT2D eigenvalue weighted by Crippen LogP contribution is 2.36. The van der Waals surface area contributed by atoms with Crippen molar-refractivity contribution in [2.75, 3.05) is 7.11 Å². The molecule has 0 radical (unpaired) electrons. The Balaban J connectivity index is 1.81. The zero-order chi connectivity index (χ0) is 16.0. The van der Waals surface area contributed by atoms with Crippen molar-refractivity contribution in [3.8, 4) is 5.88 Å². The van der Waals surface area contributed by atoms with Crippen molar-refractivity contribution in [3.63, 3.8) is 0 Å². The second-order valence-electron chi connectivity index (χ2n) is 4.50. The van der Waals surface area contributed by atoms with Crippen LogP contribution in [0.3, 0.4) is 0 Å². The van der Waals surface area contributed by atoms with Crippen molar-refractivity contribution in [2.24, 2.45) is 0 Å². The molecule has 1 N–H and O–H groups in total. The number of halogens is 3. The molecule has 2 rings (SSSR count). The molecule has 0 spiro atoms. The minimum absolute atomic E-state index is 0.107. The van der Waals surface area contributed by atoms with Crippen LogP contribution >= 0.6 is 11.8 Å². The Kier molecular flexibility index (Phi) is 5.68. The van der Waals surface area contributed by atoms with Gasteiger partial charge in [0.2, 0.25) is 5.88 Å². The van der Waals surface area contributed by atoms with Gasteiger partial charge in [0.15, 0.2) is 0 Å². The van der Waals surface area contributed by atoms with Gasteiger partial charge in [0.1, 0.15) is 0 Å². The van der Waals surface area contributed by atoms with Crippen LogP contribution in [0.25, 0.3) is 0 Å². The van der Waals surface area contributed by atoms with Gasteiger partial charge in [-0.05, 0) is 35.0 Å². The van der Waals surface area contributed by atoms with Gasteiger partial charge in [0, 0.05) is 30.2 Å². The topological polar surface area (TPSA) is 34.1 Å². The average Bonchev–Trinajstić information content (AvgIpc) is 2.48. The summed E-state index contributed by atoms with van der Waals surface area (Å²) in [4.78, 5) is 4.29. The van der Waals surface area contributed by atoms with Crippen molar-refractivity contribution < 1.29 is 17.9 Å². The zero-order valence-electron chi connectivity index (χ0n) is 11.9. The summed E-state index contributed by atoms with van der Waals surface area (Å²) in [6, 6.07) is 10.0. The molecule has 0 atom stereocenters. The number of rotatable bonds is 6. The molecule has 0 saturated carbocycles. The third kappa shape index (κ3) is 5.57. The van der Waals surface area contributed by atoms with Gasteiger partial charge in [-0.15, -0.1) is 0 Å². The quantitative estimate of drug-likeness (QED) is 0.813. The lowest BCUT2D eigenvalue weighted by Crippen LogP contribution is -2.12. The van der Waals surface area contributed by atoms with E-state index < -0.39 is 5.51 Å². The summed E-state index contributed by atoms with van der Waals surface area (Å²) in [5, 5.41) is 3.21. The number of ether oxygens (including phenoxy) is 1. The molecule has 0 amide bonds. The van der Waals surface area contributed by atoms with E-state index in [1.54, 1.807) is 31.5 Å². The van der Waals surface area contributed by atoms with Crippen LogP contribution in [-0.4, -0.2) is 17.6 Å². The molecule has 1 aromatic carbocycles. The van der Waals surface area contributed by atoms with E-state index in [2.05, 4.69) is 10.3 Å². The van der Waals surface area contributed by atoms with Crippen LogP contribution in [0.1, 0.15) is 11.1 Å². The number of benzene rings is 1. The smallest absolute Gasteiger partial charge is 0.446 e. The van der Waals surface area contributed by atoms with Crippen molar-refractivity contribution >= 4 is 11.8 Å². The summed E-state index contributed by atoms with van der Waals surface area (Å²) in [5.41, 5.74) is -2.32. The Hall–Kier alpha value is -1.73. The van der Waals surface area contributed by atoms with Crippen molar-refractivity contribution in [1.29, 1.82) is 0 Å². The molecule has 1 heterocycles. The molecule has 0 unspecified atom stereocenters. The molecule has 0 saturated heterocycles. The molecule has 0 aliphatic rings. The maximum Gasteiger partial charge on any atom is 0.446 e. The molecule has 2 aromatic rings. The van der Waals surface area contributed by atoms with Gasteiger partial charge in [-0.2, -0.15) is 13.2 Å². The minimum atomic E-state index is -4.25. The molecule has 118 valence electrons. The van der Waals surface area contributed by atoms with E-state index >= 15 is 0 Å². The SMILES string of the molecule is COc1ccc(CNCc2ccc(SC(F)(F)F)cc2)cn1. The second-order valence-corrected chi connectivity index (χ2v) is 5.64. The minimum Gasteiger partial charge on any atom is -0.481 e. The number of hydrogen-bond donors (Lipinski definition) is 1. The summed E-state index contributed by atoms with van der Waals surface area (Å²) in [5.74, 6) is 0.557. The van der Waals surface area contributed by atoms with E-state index in [0.717, 1.165) is 11.1 Å². The van der Waals surface area contributed by atoms with E-state index in [0.29, 0.717) is 19.0 Å². The van der Waals surface area contributed by atoms with E-state index in [-0.39, 0.29) is 16.7 Å². The van der Waals surface area contributed by atoms with Crippen LogP contribution in [0.15, 0.2) is 47.5 Å². The number of nitrogens with one attached hydrogen (secondary N) is 1. The fraction of sp³-hybridized carbons (Fsp3) is 0.267. The molecular formula is C15H15F3N2OS. The van der Waals surface area contributed by atoms with Crippen LogP contribution in [-0.2, 0) is 13.1 Å². The van der Waals surface area contributed by atoms with Gasteiger partial charge < -0.3 is 10.1 Å². The Morgan fingerprint density at radius 1 is 1.05 bits per heavy atom. The second kappa shape index (κ2) is 7.51. The Morgan fingerprint density at radius 3 is 2.23 bits per heavy atom. The molecule has 1 aromatic heterocycles. The lowest BCUT2D eigenvalue weighted by molar-refractivity contribution is -0.0328. The number of nitrogens with zero attached hydrogens (tertiary/aromatic N) is 1. The first-order valence-electron chi connectivity index (χ1n) is 6.50. The van der Waals surface area contributed by atoms with Crippen LogP contribution < -0.4 is 10.1 Å². The summed E-state index contributed by atoms with van der Waals surface area (Å²) in [6.07, 6.45) is 1.72. The highest BCUT2D eigenvalue weighted by molar-refractivity contribution is 8.00. The number of methoxy groups -OCH3 is 1. The summed E-state index contributed by atoms with van der Waals surface area (Å²) < 4.78 is 41.6. The highest BCUT2D eigenvalue weighted by atomic mass is 32.2. The van der Waals surface area contributed by atoms with E-state index in [1.165, 1.54) is 12.1 Å². The predicted molar refractivity (Wildman–Crippen MR) is 79.7 cm³/mol. The third-order valence-electron chi connectivity index (χ3n) is 2.82. The van der Waals surface area contributed by atoms with Gasteiger partial charge in [-0.3, -0.25) is 0 Å². The largest absolute Gasteiger partial charge is 0.481 e. The first-order valence-corrected chi connectivity index (χ1v) is 7.32. The molecule has 0 aliphatic carbocycles. The maximum absolute atomic E-state index is 12.2. The van der Waals surface area contributed by atoms with Crippen LogP contribution in [0.2, 0.25) is 0 Å². The lowest BCUT2D eigenvalue weighted by Gasteiger charge is -2.08. The molecular weight excluding hydrogens is 313 g/mol. The molecule has 22 heavy (non-hydrogen) atoms. The predicted octanol–water partition coefficient (Wildman–Crippen LogP) is 3.99. The summed E-state index contributed by atoms with van der Waals surface area (Å²) in [6.45, 7) is 1.19.